The molecule has 0 N–H and O–H groups in total. The Morgan fingerprint density at radius 2 is 1.47 bits per heavy atom. The van der Waals surface area contributed by atoms with Crippen molar-refractivity contribution in [1.29, 1.82) is 0 Å². The quantitative estimate of drug-likeness (QED) is 0.718. The first kappa shape index (κ1) is 14.2. The van der Waals surface area contributed by atoms with Crippen LogP contribution in [0, 0.1) is 0 Å². The van der Waals surface area contributed by atoms with Gasteiger partial charge in [0.15, 0.2) is 11.5 Å². The van der Waals surface area contributed by atoms with E-state index in [0.29, 0.717) is 25.6 Å². The molecule has 0 fully saturated rings. The number of hydrogen-bond donors (Lipinski definition) is 0. The molecule has 0 heterocycles. The van der Waals surface area contributed by atoms with Crippen LogP contribution in [-0.4, -0.2) is 19.8 Å². The Balaban J connectivity index is 3.20. The van der Waals surface area contributed by atoms with E-state index in [1.165, 1.54) is 0 Å². The molecule has 0 atom stereocenters. The predicted octanol–water partition coefficient (Wildman–Crippen LogP) is 3.78. The van der Waals surface area contributed by atoms with Crippen molar-refractivity contribution in [2.45, 2.75) is 26.1 Å². The minimum Gasteiger partial charge on any atom is -0.490 e. The Morgan fingerprint density at radius 3 is 2.00 bits per heavy atom. The Morgan fingerprint density at radius 1 is 0.882 bits per heavy atom. The fraction of sp³-hybridized carbons (Fsp3) is 0.538. The average molecular weight is 303 g/mol. The molecule has 96 valence electrons. The summed E-state index contributed by atoms with van der Waals surface area (Å²) in [4.78, 5) is 0. The number of ether oxygens (including phenoxy) is 3. The van der Waals surface area contributed by atoms with Crippen LogP contribution in [0.4, 0.5) is 0 Å². The SMILES string of the molecule is CCOc1ccc(CBr)c(OCC)c1OCC. The molecule has 1 aromatic carbocycles. The summed E-state index contributed by atoms with van der Waals surface area (Å²) in [5.41, 5.74) is 1.07. The van der Waals surface area contributed by atoms with E-state index in [1.807, 2.05) is 32.9 Å². The van der Waals surface area contributed by atoms with Crippen LogP contribution in [0.25, 0.3) is 0 Å². The predicted molar refractivity (Wildman–Crippen MR) is 72.6 cm³/mol. The second-order valence-electron chi connectivity index (χ2n) is 3.31. The van der Waals surface area contributed by atoms with E-state index < -0.39 is 0 Å². The van der Waals surface area contributed by atoms with Gasteiger partial charge in [-0.15, -0.1) is 0 Å². The smallest absolute Gasteiger partial charge is 0.203 e. The van der Waals surface area contributed by atoms with Gasteiger partial charge in [0.1, 0.15) is 0 Å². The van der Waals surface area contributed by atoms with Gasteiger partial charge < -0.3 is 14.2 Å². The molecule has 0 radical (unpaired) electrons. The van der Waals surface area contributed by atoms with Crippen LogP contribution in [0.5, 0.6) is 17.2 Å². The molecule has 0 aliphatic rings. The Labute approximate surface area is 111 Å². The number of hydrogen-bond acceptors (Lipinski definition) is 3. The molecule has 0 aliphatic carbocycles. The summed E-state index contributed by atoms with van der Waals surface area (Å²) in [6.45, 7) is 7.67. The second-order valence-corrected chi connectivity index (χ2v) is 3.87. The summed E-state index contributed by atoms with van der Waals surface area (Å²) in [6.07, 6.45) is 0. The van der Waals surface area contributed by atoms with Gasteiger partial charge in [-0.25, -0.2) is 0 Å². The van der Waals surface area contributed by atoms with Crippen LogP contribution in [0.1, 0.15) is 26.3 Å². The molecule has 0 bridgehead atoms. The molecule has 3 nitrogen and oxygen atoms in total. The van der Waals surface area contributed by atoms with Crippen molar-refractivity contribution in [3.05, 3.63) is 17.7 Å². The molecule has 0 aromatic heterocycles. The van der Waals surface area contributed by atoms with Gasteiger partial charge in [0.05, 0.1) is 19.8 Å². The van der Waals surface area contributed by atoms with E-state index in [2.05, 4.69) is 15.9 Å². The third-order valence-electron chi connectivity index (χ3n) is 2.18. The van der Waals surface area contributed by atoms with E-state index in [0.717, 1.165) is 22.4 Å². The fourth-order valence-electron chi connectivity index (χ4n) is 1.54. The number of halogens is 1. The molecule has 0 unspecified atom stereocenters. The molecule has 17 heavy (non-hydrogen) atoms. The van der Waals surface area contributed by atoms with Gasteiger partial charge >= 0.3 is 0 Å². The minimum absolute atomic E-state index is 0.589. The first-order valence-electron chi connectivity index (χ1n) is 5.88. The van der Waals surface area contributed by atoms with Crippen molar-refractivity contribution >= 4 is 15.9 Å². The maximum absolute atomic E-state index is 5.66. The summed E-state index contributed by atoms with van der Waals surface area (Å²) in [7, 11) is 0. The van der Waals surface area contributed by atoms with Crippen LogP contribution >= 0.6 is 15.9 Å². The topological polar surface area (TPSA) is 27.7 Å². The van der Waals surface area contributed by atoms with E-state index in [4.69, 9.17) is 14.2 Å². The number of benzene rings is 1. The molecule has 0 aliphatic heterocycles. The molecular weight excluding hydrogens is 284 g/mol. The van der Waals surface area contributed by atoms with Crippen LogP contribution in [0.3, 0.4) is 0 Å². The molecule has 0 saturated heterocycles. The first-order valence-corrected chi connectivity index (χ1v) is 7.00. The molecule has 1 aromatic rings. The van der Waals surface area contributed by atoms with E-state index in [9.17, 15) is 0 Å². The molecule has 0 amide bonds. The highest BCUT2D eigenvalue weighted by Gasteiger charge is 2.16. The zero-order valence-electron chi connectivity index (χ0n) is 10.6. The Kier molecular flexibility index (Phi) is 6.19. The summed E-state index contributed by atoms with van der Waals surface area (Å²) in [5, 5.41) is 0.731. The number of rotatable bonds is 7. The van der Waals surface area contributed by atoms with E-state index >= 15 is 0 Å². The van der Waals surface area contributed by atoms with Gasteiger partial charge in [-0.3, -0.25) is 0 Å². The summed E-state index contributed by atoms with van der Waals surface area (Å²) in [6, 6.07) is 3.92. The molecule has 1 rings (SSSR count). The van der Waals surface area contributed by atoms with Crippen molar-refractivity contribution in [2.24, 2.45) is 0 Å². The molecule has 0 saturated carbocycles. The standard InChI is InChI=1S/C13H19BrO3/c1-4-15-11-8-7-10(9-14)12(16-5-2)13(11)17-6-3/h7-8H,4-6,9H2,1-3H3. The average Bonchev–Trinajstić information content (AvgIpc) is 2.34. The van der Waals surface area contributed by atoms with Crippen LogP contribution in [0.2, 0.25) is 0 Å². The minimum atomic E-state index is 0.589. The Bertz CT molecular complexity index is 353. The summed E-state index contributed by atoms with van der Waals surface area (Å²) < 4.78 is 16.9. The Hall–Kier alpha value is -0.900. The van der Waals surface area contributed by atoms with Crippen molar-refractivity contribution in [3.8, 4) is 17.2 Å². The molecular formula is C13H19BrO3. The first-order chi connectivity index (χ1) is 8.28. The van der Waals surface area contributed by atoms with Gasteiger partial charge in [-0.2, -0.15) is 0 Å². The van der Waals surface area contributed by atoms with E-state index in [-0.39, 0.29) is 0 Å². The van der Waals surface area contributed by atoms with Gasteiger partial charge in [0, 0.05) is 10.9 Å². The highest BCUT2D eigenvalue weighted by Crippen LogP contribution is 2.41. The van der Waals surface area contributed by atoms with Crippen LogP contribution < -0.4 is 14.2 Å². The normalized spacial score (nSPS) is 10.1. The summed E-state index contributed by atoms with van der Waals surface area (Å²) in [5.74, 6) is 2.22. The second kappa shape index (κ2) is 7.43. The molecule has 4 heteroatoms. The largest absolute Gasteiger partial charge is 0.490 e. The highest BCUT2D eigenvalue weighted by atomic mass is 79.9. The van der Waals surface area contributed by atoms with Crippen molar-refractivity contribution in [3.63, 3.8) is 0 Å². The lowest BCUT2D eigenvalue weighted by atomic mass is 10.2. The van der Waals surface area contributed by atoms with Gasteiger partial charge in [-0.05, 0) is 26.8 Å². The maximum atomic E-state index is 5.66. The monoisotopic (exact) mass is 302 g/mol. The maximum Gasteiger partial charge on any atom is 0.203 e. The third-order valence-corrected chi connectivity index (χ3v) is 2.78. The zero-order chi connectivity index (χ0) is 12.7. The van der Waals surface area contributed by atoms with Crippen LogP contribution in [0.15, 0.2) is 12.1 Å². The lowest BCUT2D eigenvalue weighted by Gasteiger charge is -2.17. The molecule has 0 spiro atoms. The van der Waals surface area contributed by atoms with Gasteiger partial charge in [0.25, 0.3) is 0 Å². The van der Waals surface area contributed by atoms with Crippen molar-refractivity contribution in [1.82, 2.24) is 0 Å². The number of alkyl halides is 1. The third kappa shape index (κ3) is 3.53. The lowest BCUT2D eigenvalue weighted by molar-refractivity contribution is 0.259. The lowest BCUT2D eigenvalue weighted by Crippen LogP contribution is -2.04. The van der Waals surface area contributed by atoms with E-state index in [1.54, 1.807) is 0 Å². The summed E-state index contributed by atoms with van der Waals surface area (Å²) >= 11 is 3.45. The van der Waals surface area contributed by atoms with Crippen LogP contribution in [-0.2, 0) is 5.33 Å². The highest BCUT2D eigenvalue weighted by molar-refractivity contribution is 9.08. The van der Waals surface area contributed by atoms with Gasteiger partial charge in [0.2, 0.25) is 5.75 Å². The van der Waals surface area contributed by atoms with Gasteiger partial charge in [-0.1, -0.05) is 22.0 Å². The van der Waals surface area contributed by atoms with Crippen molar-refractivity contribution < 1.29 is 14.2 Å². The fourth-order valence-corrected chi connectivity index (χ4v) is 1.98. The van der Waals surface area contributed by atoms with Crippen molar-refractivity contribution in [2.75, 3.05) is 19.8 Å². The zero-order valence-corrected chi connectivity index (χ0v) is 12.2.